The van der Waals surface area contributed by atoms with Gasteiger partial charge in [-0.15, -0.1) is 0 Å². The van der Waals surface area contributed by atoms with Crippen molar-refractivity contribution in [3.8, 4) is 0 Å². The standard InChI is InChI=1S/C13H18FNO3/c1-9(5-6-16)15-8-10-3-4-11(12(14)7-10)13(17)18-2/h3-4,7,9,15-16H,5-6,8H2,1-2H3. The fourth-order valence-corrected chi connectivity index (χ4v) is 1.53. The molecule has 0 spiro atoms. The Morgan fingerprint density at radius 2 is 2.28 bits per heavy atom. The fourth-order valence-electron chi connectivity index (χ4n) is 1.53. The van der Waals surface area contributed by atoms with Crippen molar-refractivity contribution < 1.29 is 19.0 Å². The predicted molar refractivity (Wildman–Crippen MR) is 65.7 cm³/mol. The lowest BCUT2D eigenvalue weighted by Gasteiger charge is -2.12. The van der Waals surface area contributed by atoms with Crippen LogP contribution >= 0.6 is 0 Å². The van der Waals surface area contributed by atoms with Gasteiger partial charge in [-0.3, -0.25) is 0 Å². The van der Waals surface area contributed by atoms with Gasteiger partial charge in [0.05, 0.1) is 12.7 Å². The molecule has 0 amide bonds. The maximum atomic E-state index is 13.6. The summed E-state index contributed by atoms with van der Waals surface area (Å²) in [5, 5.41) is 11.9. The van der Waals surface area contributed by atoms with Gasteiger partial charge in [0.1, 0.15) is 5.82 Å². The zero-order valence-electron chi connectivity index (χ0n) is 10.6. The molecule has 2 N–H and O–H groups in total. The van der Waals surface area contributed by atoms with E-state index in [4.69, 9.17) is 5.11 Å². The first-order valence-corrected chi connectivity index (χ1v) is 5.79. The van der Waals surface area contributed by atoms with Crippen LogP contribution in [0.4, 0.5) is 4.39 Å². The minimum atomic E-state index is -0.680. The van der Waals surface area contributed by atoms with Crippen LogP contribution < -0.4 is 5.32 Å². The highest BCUT2D eigenvalue weighted by Gasteiger charge is 2.12. The lowest BCUT2D eigenvalue weighted by atomic mass is 10.1. The van der Waals surface area contributed by atoms with Crippen molar-refractivity contribution in [1.29, 1.82) is 0 Å². The molecule has 18 heavy (non-hydrogen) atoms. The van der Waals surface area contributed by atoms with Crippen molar-refractivity contribution in [3.63, 3.8) is 0 Å². The quantitative estimate of drug-likeness (QED) is 0.756. The second kappa shape index (κ2) is 7.08. The molecule has 0 aliphatic rings. The van der Waals surface area contributed by atoms with Crippen LogP contribution in [0.2, 0.25) is 0 Å². The Balaban J connectivity index is 2.64. The highest BCUT2D eigenvalue weighted by Crippen LogP contribution is 2.11. The number of methoxy groups -OCH3 is 1. The molecular formula is C13H18FNO3. The molecule has 100 valence electrons. The third-order valence-corrected chi connectivity index (χ3v) is 2.66. The van der Waals surface area contributed by atoms with Crippen molar-refractivity contribution in [2.24, 2.45) is 0 Å². The molecule has 4 nitrogen and oxygen atoms in total. The van der Waals surface area contributed by atoms with Gasteiger partial charge in [-0.25, -0.2) is 9.18 Å². The molecule has 5 heteroatoms. The van der Waals surface area contributed by atoms with Crippen LogP contribution in [-0.2, 0) is 11.3 Å². The Labute approximate surface area is 106 Å². The largest absolute Gasteiger partial charge is 0.465 e. The van der Waals surface area contributed by atoms with Crippen molar-refractivity contribution in [2.45, 2.75) is 25.9 Å². The lowest BCUT2D eigenvalue weighted by molar-refractivity contribution is 0.0595. The minimum absolute atomic E-state index is 0.0651. The molecule has 0 saturated carbocycles. The topological polar surface area (TPSA) is 58.6 Å². The van der Waals surface area contributed by atoms with E-state index in [0.717, 1.165) is 5.56 Å². The second-order valence-corrected chi connectivity index (χ2v) is 4.10. The zero-order valence-corrected chi connectivity index (χ0v) is 10.6. The van der Waals surface area contributed by atoms with Gasteiger partial charge >= 0.3 is 5.97 Å². The van der Waals surface area contributed by atoms with Gasteiger partial charge in [0.15, 0.2) is 0 Å². The van der Waals surface area contributed by atoms with E-state index in [2.05, 4.69) is 10.1 Å². The van der Waals surface area contributed by atoms with Crippen molar-refractivity contribution >= 4 is 5.97 Å². The molecular weight excluding hydrogens is 237 g/mol. The highest BCUT2D eigenvalue weighted by molar-refractivity contribution is 5.89. The van der Waals surface area contributed by atoms with Gasteiger partial charge in [-0.05, 0) is 31.0 Å². The molecule has 1 unspecified atom stereocenters. The van der Waals surface area contributed by atoms with E-state index >= 15 is 0 Å². The lowest BCUT2D eigenvalue weighted by Crippen LogP contribution is -2.26. The summed E-state index contributed by atoms with van der Waals surface area (Å²) in [5.74, 6) is -1.27. The van der Waals surface area contributed by atoms with Crippen LogP contribution in [0.3, 0.4) is 0 Å². The van der Waals surface area contributed by atoms with E-state index in [9.17, 15) is 9.18 Å². The number of ether oxygens (including phenoxy) is 1. The third-order valence-electron chi connectivity index (χ3n) is 2.66. The molecule has 0 saturated heterocycles. The van der Waals surface area contributed by atoms with Gasteiger partial charge < -0.3 is 15.2 Å². The number of carbonyl (C=O) groups excluding carboxylic acids is 1. The Kier molecular flexibility index (Phi) is 5.74. The fraction of sp³-hybridized carbons (Fsp3) is 0.462. The molecule has 0 radical (unpaired) electrons. The average molecular weight is 255 g/mol. The summed E-state index contributed by atoms with van der Waals surface area (Å²) in [4.78, 5) is 11.2. The van der Waals surface area contributed by atoms with Crippen LogP contribution in [-0.4, -0.2) is 30.8 Å². The van der Waals surface area contributed by atoms with E-state index in [1.807, 2.05) is 6.92 Å². The molecule has 0 heterocycles. The number of benzene rings is 1. The summed E-state index contributed by atoms with van der Waals surface area (Å²) in [7, 11) is 1.22. The predicted octanol–water partition coefficient (Wildman–Crippen LogP) is 1.47. The van der Waals surface area contributed by atoms with E-state index in [-0.39, 0.29) is 18.2 Å². The number of rotatable bonds is 6. The number of aliphatic hydroxyl groups excluding tert-OH is 1. The molecule has 0 aliphatic heterocycles. The maximum Gasteiger partial charge on any atom is 0.340 e. The van der Waals surface area contributed by atoms with Gasteiger partial charge in [-0.1, -0.05) is 6.07 Å². The van der Waals surface area contributed by atoms with Crippen molar-refractivity contribution in [1.82, 2.24) is 5.32 Å². The Morgan fingerprint density at radius 3 is 2.83 bits per heavy atom. The number of carbonyl (C=O) groups is 1. The number of hydrogen-bond donors (Lipinski definition) is 2. The molecule has 0 aliphatic carbocycles. The van der Waals surface area contributed by atoms with E-state index in [0.29, 0.717) is 13.0 Å². The van der Waals surface area contributed by atoms with Gasteiger partial charge in [0, 0.05) is 19.2 Å². The van der Waals surface area contributed by atoms with Gasteiger partial charge in [0.2, 0.25) is 0 Å². The Morgan fingerprint density at radius 1 is 1.56 bits per heavy atom. The number of hydrogen-bond acceptors (Lipinski definition) is 4. The number of aliphatic hydroxyl groups is 1. The first-order valence-electron chi connectivity index (χ1n) is 5.79. The maximum absolute atomic E-state index is 13.6. The summed E-state index contributed by atoms with van der Waals surface area (Å²) >= 11 is 0. The molecule has 0 aromatic heterocycles. The summed E-state index contributed by atoms with van der Waals surface area (Å²) in [6.45, 7) is 2.54. The van der Waals surface area contributed by atoms with Crippen LogP contribution in [0, 0.1) is 5.82 Å². The number of esters is 1. The summed E-state index contributed by atoms with van der Waals surface area (Å²) in [6, 6.07) is 4.55. The second-order valence-electron chi connectivity index (χ2n) is 4.10. The van der Waals surface area contributed by atoms with E-state index in [1.165, 1.54) is 19.2 Å². The SMILES string of the molecule is COC(=O)c1ccc(CNC(C)CCO)cc1F. The number of halogens is 1. The molecule has 0 fully saturated rings. The molecule has 1 aromatic rings. The monoisotopic (exact) mass is 255 g/mol. The summed E-state index contributed by atoms with van der Waals surface area (Å²) in [6.07, 6.45) is 0.642. The molecule has 1 aromatic carbocycles. The van der Waals surface area contributed by atoms with Gasteiger partial charge in [-0.2, -0.15) is 0 Å². The molecule has 0 bridgehead atoms. The molecule has 1 rings (SSSR count). The third kappa shape index (κ3) is 4.09. The summed E-state index contributed by atoms with van der Waals surface area (Å²) < 4.78 is 18.1. The average Bonchev–Trinajstić information content (AvgIpc) is 2.36. The zero-order chi connectivity index (χ0) is 13.5. The first-order chi connectivity index (χ1) is 8.58. The Hall–Kier alpha value is -1.46. The van der Waals surface area contributed by atoms with Crippen LogP contribution in [0.5, 0.6) is 0 Å². The molecule has 1 atom stereocenters. The van der Waals surface area contributed by atoms with Crippen LogP contribution in [0.25, 0.3) is 0 Å². The first kappa shape index (κ1) is 14.6. The van der Waals surface area contributed by atoms with E-state index < -0.39 is 11.8 Å². The number of nitrogens with one attached hydrogen (secondary N) is 1. The van der Waals surface area contributed by atoms with Crippen LogP contribution in [0.15, 0.2) is 18.2 Å². The smallest absolute Gasteiger partial charge is 0.340 e. The highest BCUT2D eigenvalue weighted by atomic mass is 19.1. The van der Waals surface area contributed by atoms with Crippen molar-refractivity contribution in [2.75, 3.05) is 13.7 Å². The minimum Gasteiger partial charge on any atom is -0.465 e. The van der Waals surface area contributed by atoms with Crippen LogP contribution in [0.1, 0.15) is 29.3 Å². The normalized spacial score (nSPS) is 12.2. The van der Waals surface area contributed by atoms with Crippen molar-refractivity contribution in [3.05, 3.63) is 35.1 Å². The van der Waals surface area contributed by atoms with E-state index in [1.54, 1.807) is 6.07 Å². The Bertz CT molecular complexity index is 409. The van der Waals surface area contributed by atoms with Gasteiger partial charge in [0.25, 0.3) is 0 Å². The summed E-state index contributed by atoms with van der Waals surface area (Å²) in [5.41, 5.74) is 0.676.